The number of aliphatic carboxylic acids is 1. The van der Waals surface area contributed by atoms with E-state index in [9.17, 15) is 9.59 Å². The van der Waals surface area contributed by atoms with E-state index in [1.165, 1.54) is 0 Å². The molecular weight excluding hydrogens is 370 g/mol. The number of aryl methyl sites for hydroxylation is 1. The Hall–Kier alpha value is -3.61. The average molecular weight is 391 g/mol. The fourth-order valence-electron chi connectivity index (χ4n) is 3.80. The number of hydrogen-bond acceptors (Lipinski definition) is 4. The molecule has 7 heteroatoms. The molecule has 4 rings (SSSR count). The van der Waals surface area contributed by atoms with Gasteiger partial charge in [-0.05, 0) is 22.3 Å². The summed E-state index contributed by atoms with van der Waals surface area (Å²) in [4.78, 5) is 27.8. The van der Waals surface area contributed by atoms with Crippen molar-refractivity contribution in [2.75, 3.05) is 6.61 Å². The number of imidazole rings is 1. The number of amides is 1. The van der Waals surface area contributed by atoms with Crippen LogP contribution in [0.4, 0.5) is 4.79 Å². The van der Waals surface area contributed by atoms with Gasteiger partial charge in [0.25, 0.3) is 0 Å². The lowest BCUT2D eigenvalue weighted by atomic mass is 9.98. The number of alkyl carbamates (subject to hydrolysis) is 1. The topological polar surface area (TPSA) is 93.5 Å². The van der Waals surface area contributed by atoms with E-state index in [0.717, 1.165) is 22.3 Å². The van der Waals surface area contributed by atoms with Crippen LogP contribution < -0.4 is 5.32 Å². The predicted molar refractivity (Wildman–Crippen MR) is 106 cm³/mol. The fourth-order valence-corrected chi connectivity index (χ4v) is 3.80. The first kappa shape index (κ1) is 18.7. The second-order valence-corrected chi connectivity index (χ2v) is 7.08. The Bertz CT molecular complexity index is 1010. The van der Waals surface area contributed by atoms with Gasteiger partial charge in [-0.15, -0.1) is 0 Å². The first-order valence-corrected chi connectivity index (χ1v) is 9.34. The fraction of sp³-hybridized carbons (Fsp3) is 0.227. The first-order chi connectivity index (χ1) is 14.0. The van der Waals surface area contributed by atoms with E-state index in [0.29, 0.717) is 5.69 Å². The maximum Gasteiger partial charge on any atom is 0.407 e. The number of fused-ring (bicyclic) bond motifs is 3. The number of carbonyl (C=O) groups is 2. The highest BCUT2D eigenvalue weighted by molar-refractivity contribution is 5.79. The molecule has 0 spiro atoms. The summed E-state index contributed by atoms with van der Waals surface area (Å²) in [6.07, 6.45) is 2.30. The molecule has 1 heterocycles. The van der Waals surface area contributed by atoms with Crippen LogP contribution in [0.3, 0.4) is 0 Å². The molecule has 1 amide bonds. The monoisotopic (exact) mass is 391 g/mol. The highest BCUT2D eigenvalue weighted by Gasteiger charge is 2.29. The van der Waals surface area contributed by atoms with Gasteiger partial charge in [0.2, 0.25) is 0 Å². The molecule has 0 aliphatic heterocycles. The highest BCUT2D eigenvalue weighted by Crippen LogP contribution is 2.44. The van der Waals surface area contributed by atoms with Crippen LogP contribution in [0.2, 0.25) is 0 Å². The smallest absolute Gasteiger partial charge is 0.407 e. The summed E-state index contributed by atoms with van der Waals surface area (Å²) in [7, 11) is 1.78. The number of ether oxygens (including phenoxy) is 1. The van der Waals surface area contributed by atoms with E-state index in [-0.39, 0.29) is 18.9 Å². The molecule has 0 bridgehead atoms. The number of rotatable bonds is 6. The van der Waals surface area contributed by atoms with Crippen molar-refractivity contribution in [1.82, 2.24) is 14.9 Å². The Morgan fingerprint density at radius 2 is 1.76 bits per heavy atom. The number of benzene rings is 2. The maximum atomic E-state index is 12.4. The molecule has 148 valence electrons. The molecule has 29 heavy (non-hydrogen) atoms. The molecule has 1 aliphatic rings. The summed E-state index contributed by atoms with van der Waals surface area (Å²) in [5, 5.41) is 11.8. The Morgan fingerprint density at radius 1 is 1.14 bits per heavy atom. The van der Waals surface area contributed by atoms with Crippen LogP contribution in [-0.2, 0) is 16.6 Å². The third-order valence-corrected chi connectivity index (χ3v) is 5.10. The van der Waals surface area contributed by atoms with Gasteiger partial charge in [0.1, 0.15) is 6.61 Å². The molecular formula is C22H21N3O4. The second kappa shape index (κ2) is 7.79. The largest absolute Gasteiger partial charge is 0.481 e. The van der Waals surface area contributed by atoms with E-state index in [1.54, 1.807) is 24.1 Å². The summed E-state index contributed by atoms with van der Waals surface area (Å²) in [5.74, 6) is -1.08. The van der Waals surface area contributed by atoms with Gasteiger partial charge in [-0.3, -0.25) is 4.79 Å². The van der Waals surface area contributed by atoms with Crippen LogP contribution in [0.5, 0.6) is 0 Å². The predicted octanol–water partition coefficient (Wildman–Crippen LogP) is 3.47. The molecule has 0 unspecified atom stereocenters. The Kier molecular flexibility index (Phi) is 5.03. The van der Waals surface area contributed by atoms with Crippen LogP contribution >= 0.6 is 0 Å². The van der Waals surface area contributed by atoms with Crippen molar-refractivity contribution < 1.29 is 19.4 Å². The lowest BCUT2D eigenvalue weighted by molar-refractivity contribution is -0.137. The SMILES string of the molecule is Cn1cnc([C@@H](CC(=O)O)NC(=O)OCC2c3ccccc3-c3ccccc32)c1. The van der Waals surface area contributed by atoms with Crippen molar-refractivity contribution in [2.45, 2.75) is 18.4 Å². The molecule has 2 N–H and O–H groups in total. The first-order valence-electron chi connectivity index (χ1n) is 9.34. The van der Waals surface area contributed by atoms with E-state index < -0.39 is 18.1 Å². The number of nitrogens with one attached hydrogen (secondary N) is 1. The van der Waals surface area contributed by atoms with Crippen LogP contribution in [0.25, 0.3) is 11.1 Å². The number of hydrogen-bond donors (Lipinski definition) is 2. The second-order valence-electron chi connectivity index (χ2n) is 7.08. The molecule has 1 aliphatic carbocycles. The van der Waals surface area contributed by atoms with E-state index >= 15 is 0 Å². The molecule has 0 fully saturated rings. The number of carbonyl (C=O) groups excluding carboxylic acids is 1. The quantitative estimate of drug-likeness (QED) is 0.671. The molecule has 1 aromatic heterocycles. The van der Waals surface area contributed by atoms with E-state index in [2.05, 4.69) is 22.4 Å². The zero-order valence-electron chi connectivity index (χ0n) is 15.9. The van der Waals surface area contributed by atoms with Crippen molar-refractivity contribution in [3.05, 3.63) is 77.9 Å². The third-order valence-electron chi connectivity index (χ3n) is 5.10. The van der Waals surface area contributed by atoms with Crippen molar-refractivity contribution >= 4 is 12.1 Å². The Balaban J connectivity index is 1.47. The summed E-state index contributed by atoms with van der Waals surface area (Å²) >= 11 is 0. The molecule has 0 saturated carbocycles. The number of aromatic nitrogens is 2. The number of carboxylic acid groups (broad SMARTS) is 1. The van der Waals surface area contributed by atoms with Crippen molar-refractivity contribution in [1.29, 1.82) is 0 Å². The molecule has 7 nitrogen and oxygen atoms in total. The number of carboxylic acids is 1. The van der Waals surface area contributed by atoms with Gasteiger partial charge in [-0.25, -0.2) is 9.78 Å². The summed E-state index contributed by atoms with van der Waals surface area (Å²) in [6.45, 7) is 0.169. The zero-order valence-corrected chi connectivity index (χ0v) is 15.9. The average Bonchev–Trinajstić information content (AvgIpc) is 3.27. The minimum atomic E-state index is -1.03. The van der Waals surface area contributed by atoms with Crippen LogP contribution in [0, 0.1) is 0 Å². The van der Waals surface area contributed by atoms with Gasteiger partial charge < -0.3 is 19.7 Å². The molecule has 0 radical (unpaired) electrons. The summed E-state index contributed by atoms with van der Waals surface area (Å²) < 4.78 is 7.20. The van der Waals surface area contributed by atoms with Gasteiger partial charge in [0.15, 0.2) is 0 Å². The summed E-state index contributed by atoms with van der Waals surface area (Å²) in [5.41, 5.74) is 5.01. The van der Waals surface area contributed by atoms with Gasteiger partial charge in [-0.2, -0.15) is 0 Å². The van der Waals surface area contributed by atoms with Gasteiger partial charge in [-0.1, -0.05) is 48.5 Å². The third kappa shape index (κ3) is 3.85. The van der Waals surface area contributed by atoms with Crippen LogP contribution in [-0.4, -0.2) is 33.3 Å². The van der Waals surface area contributed by atoms with Crippen molar-refractivity contribution in [3.8, 4) is 11.1 Å². The minimum absolute atomic E-state index is 0.0547. The lowest BCUT2D eigenvalue weighted by Gasteiger charge is -2.17. The van der Waals surface area contributed by atoms with Gasteiger partial charge >= 0.3 is 12.1 Å². The lowest BCUT2D eigenvalue weighted by Crippen LogP contribution is -2.32. The normalized spacial score (nSPS) is 13.4. The molecule has 1 atom stereocenters. The van der Waals surface area contributed by atoms with Crippen LogP contribution in [0.15, 0.2) is 61.1 Å². The highest BCUT2D eigenvalue weighted by atomic mass is 16.5. The van der Waals surface area contributed by atoms with Crippen LogP contribution in [0.1, 0.15) is 35.2 Å². The Labute approximate surface area is 168 Å². The van der Waals surface area contributed by atoms with E-state index in [1.807, 2.05) is 36.4 Å². The minimum Gasteiger partial charge on any atom is -0.481 e. The van der Waals surface area contributed by atoms with Gasteiger partial charge in [0, 0.05) is 19.2 Å². The molecule has 0 saturated heterocycles. The molecule has 2 aromatic carbocycles. The summed E-state index contributed by atoms with van der Waals surface area (Å²) in [6, 6.07) is 15.4. The Morgan fingerprint density at radius 3 is 2.31 bits per heavy atom. The van der Waals surface area contributed by atoms with E-state index in [4.69, 9.17) is 9.84 Å². The number of nitrogens with zero attached hydrogens (tertiary/aromatic N) is 2. The maximum absolute atomic E-state index is 12.4. The molecule has 3 aromatic rings. The van der Waals surface area contributed by atoms with Crippen molar-refractivity contribution in [3.63, 3.8) is 0 Å². The zero-order chi connectivity index (χ0) is 20.4. The standard InChI is InChI=1S/C22H21N3O4/c1-25-11-20(23-13-25)19(10-21(26)27)24-22(28)29-12-18-16-8-4-2-6-14(16)15-7-3-5-9-17(15)18/h2-9,11,13,18-19H,10,12H2,1H3,(H,24,28)(H,26,27)/t19-/m1/s1. The van der Waals surface area contributed by atoms with Crippen molar-refractivity contribution in [2.24, 2.45) is 7.05 Å². The van der Waals surface area contributed by atoms with Gasteiger partial charge in [0.05, 0.1) is 24.5 Å².